The van der Waals surface area contributed by atoms with Crippen LogP contribution in [0.1, 0.15) is 27.3 Å². The number of carbonyl (C=O) groups is 1. The lowest BCUT2D eigenvalue weighted by molar-refractivity contribution is 0.0966. The summed E-state index contributed by atoms with van der Waals surface area (Å²) in [4.78, 5) is 16.7. The molecule has 26 heavy (non-hydrogen) atoms. The summed E-state index contributed by atoms with van der Waals surface area (Å²) in [6, 6.07) is 10.8. The lowest BCUT2D eigenvalue weighted by Crippen LogP contribution is -2.12. The van der Waals surface area contributed by atoms with Crippen LogP contribution in [0, 0.1) is 25.5 Å². The van der Waals surface area contributed by atoms with Crippen LogP contribution in [0.3, 0.4) is 0 Å². The van der Waals surface area contributed by atoms with Crippen LogP contribution in [0.5, 0.6) is 0 Å². The molecule has 0 unspecified atom stereocenters. The van der Waals surface area contributed by atoms with Crippen LogP contribution in [0.15, 0.2) is 42.5 Å². The first-order valence-electron chi connectivity index (χ1n) is 8.29. The van der Waals surface area contributed by atoms with Gasteiger partial charge in [0.2, 0.25) is 0 Å². The van der Waals surface area contributed by atoms with Crippen molar-refractivity contribution in [1.82, 2.24) is 10.3 Å². The van der Waals surface area contributed by atoms with Crippen molar-refractivity contribution in [2.45, 2.75) is 20.4 Å². The average Bonchev–Trinajstić information content (AvgIpc) is 2.96. The minimum absolute atomic E-state index is 0.191. The zero-order chi connectivity index (χ0) is 18.4. The minimum atomic E-state index is -0.659. The number of nitrogens with one attached hydrogen (secondary N) is 1. The Hall–Kier alpha value is -3.08. The number of fused-ring (bicyclic) bond motifs is 1. The summed E-state index contributed by atoms with van der Waals surface area (Å²) >= 11 is 0. The van der Waals surface area contributed by atoms with Gasteiger partial charge in [0.05, 0.1) is 0 Å². The molecule has 4 rings (SSSR count). The quantitative estimate of drug-likeness (QED) is 0.736. The monoisotopic (exact) mass is 350 g/mol. The molecule has 5 heteroatoms. The largest absolute Gasteiger partial charge is 0.348 e. The number of aromatic nitrogens is 1. The summed E-state index contributed by atoms with van der Waals surface area (Å²) in [5.74, 6) is -1.49. The van der Waals surface area contributed by atoms with Gasteiger partial charge in [-0.15, -0.1) is 0 Å². The van der Waals surface area contributed by atoms with E-state index < -0.39 is 11.6 Å². The van der Waals surface area contributed by atoms with Crippen molar-refractivity contribution < 1.29 is 13.6 Å². The van der Waals surface area contributed by atoms with E-state index in [0.717, 1.165) is 34.1 Å². The smallest absolute Gasteiger partial charge is 0.251 e. The Balaban J connectivity index is 1.98. The van der Waals surface area contributed by atoms with Crippen LogP contribution in [-0.4, -0.2) is 10.9 Å². The maximum Gasteiger partial charge on any atom is 0.251 e. The molecule has 2 aromatic carbocycles. The second kappa shape index (κ2) is 6.02. The van der Waals surface area contributed by atoms with Gasteiger partial charge in [-0.25, -0.2) is 8.78 Å². The highest BCUT2D eigenvalue weighted by Crippen LogP contribution is 2.36. The second-order valence-electron chi connectivity index (χ2n) is 6.44. The van der Waals surface area contributed by atoms with Crippen molar-refractivity contribution in [3.8, 4) is 22.3 Å². The van der Waals surface area contributed by atoms with E-state index in [1.54, 1.807) is 6.07 Å². The third kappa shape index (κ3) is 2.65. The maximum absolute atomic E-state index is 14.3. The van der Waals surface area contributed by atoms with Crippen LogP contribution < -0.4 is 5.32 Å². The number of halogens is 2. The molecule has 0 atom stereocenters. The van der Waals surface area contributed by atoms with E-state index in [1.165, 1.54) is 12.1 Å². The Morgan fingerprint density at radius 2 is 1.65 bits per heavy atom. The predicted molar refractivity (Wildman–Crippen MR) is 95.7 cm³/mol. The van der Waals surface area contributed by atoms with Crippen molar-refractivity contribution in [1.29, 1.82) is 0 Å². The average molecular weight is 350 g/mol. The fraction of sp³-hybridized carbons (Fsp3) is 0.143. The zero-order valence-electron chi connectivity index (χ0n) is 14.4. The summed E-state index contributed by atoms with van der Waals surface area (Å²) in [5, 5.41) is 2.82. The van der Waals surface area contributed by atoms with Crippen LogP contribution >= 0.6 is 0 Å². The number of hydrogen-bond acceptors (Lipinski definition) is 2. The van der Waals surface area contributed by atoms with E-state index in [1.807, 2.05) is 32.0 Å². The third-order valence-corrected chi connectivity index (χ3v) is 4.68. The number of carbonyl (C=O) groups excluding carboxylic acids is 1. The number of rotatable bonds is 2. The molecule has 1 aliphatic heterocycles. The molecule has 3 aromatic rings. The minimum Gasteiger partial charge on any atom is -0.348 e. The lowest BCUT2D eigenvalue weighted by atomic mass is 9.91. The van der Waals surface area contributed by atoms with Crippen LogP contribution in [-0.2, 0) is 6.54 Å². The highest BCUT2D eigenvalue weighted by atomic mass is 19.1. The molecule has 1 aromatic heterocycles. The van der Waals surface area contributed by atoms with Crippen LogP contribution in [0.25, 0.3) is 22.3 Å². The fourth-order valence-electron chi connectivity index (χ4n) is 3.42. The van der Waals surface area contributed by atoms with Gasteiger partial charge in [0.25, 0.3) is 5.91 Å². The summed E-state index contributed by atoms with van der Waals surface area (Å²) < 4.78 is 27.6. The Morgan fingerprint density at radius 1 is 0.923 bits per heavy atom. The summed E-state index contributed by atoms with van der Waals surface area (Å²) in [7, 11) is 0. The normalized spacial score (nSPS) is 12.8. The first-order chi connectivity index (χ1) is 12.4. The highest BCUT2D eigenvalue weighted by Gasteiger charge is 2.25. The van der Waals surface area contributed by atoms with Gasteiger partial charge in [0.1, 0.15) is 11.6 Å². The Morgan fingerprint density at radius 3 is 2.38 bits per heavy atom. The maximum atomic E-state index is 14.3. The van der Waals surface area contributed by atoms with E-state index in [-0.39, 0.29) is 11.5 Å². The Bertz CT molecular complexity index is 1060. The topological polar surface area (TPSA) is 42.0 Å². The molecular weight excluding hydrogens is 334 g/mol. The standard InChI is InChI=1S/C21H16F2N2O/c1-11-3-5-15(12(2)25-11)17-7-13(8-18-19(17)10-24-21(18)26)16-6-4-14(22)9-20(16)23/h3-9H,10H2,1-2H3,(H,24,26). The number of hydrogen-bond donors (Lipinski definition) is 1. The highest BCUT2D eigenvalue weighted by molar-refractivity contribution is 6.02. The molecule has 0 bridgehead atoms. The van der Waals surface area contributed by atoms with Crippen molar-refractivity contribution >= 4 is 5.91 Å². The fourth-order valence-corrected chi connectivity index (χ4v) is 3.42. The predicted octanol–water partition coefficient (Wildman–Crippen LogP) is 4.55. The van der Waals surface area contributed by atoms with Crippen molar-refractivity contribution in [2.75, 3.05) is 0 Å². The number of benzene rings is 2. The molecule has 1 amide bonds. The van der Waals surface area contributed by atoms with Gasteiger partial charge >= 0.3 is 0 Å². The van der Waals surface area contributed by atoms with Crippen molar-refractivity contribution in [3.63, 3.8) is 0 Å². The molecule has 3 nitrogen and oxygen atoms in total. The molecule has 0 saturated carbocycles. The molecular formula is C21H16F2N2O. The van der Waals surface area contributed by atoms with Gasteiger partial charge < -0.3 is 5.32 Å². The van der Waals surface area contributed by atoms with Gasteiger partial charge in [0, 0.05) is 40.7 Å². The van der Waals surface area contributed by atoms with Crippen LogP contribution in [0.4, 0.5) is 8.78 Å². The molecule has 1 N–H and O–H groups in total. The SMILES string of the molecule is Cc1ccc(-c2cc(-c3ccc(F)cc3F)cc3c2CNC3=O)c(C)n1. The van der Waals surface area contributed by atoms with Gasteiger partial charge in [-0.1, -0.05) is 6.07 Å². The lowest BCUT2D eigenvalue weighted by Gasteiger charge is -2.14. The summed E-state index contributed by atoms with van der Waals surface area (Å²) in [5.41, 5.74) is 5.65. The van der Waals surface area contributed by atoms with Crippen molar-refractivity contribution in [2.24, 2.45) is 0 Å². The molecule has 0 aliphatic carbocycles. The number of nitrogens with zero attached hydrogens (tertiary/aromatic N) is 1. The first-order valence-corrected chi connectivity index (χ1v) is 8.29. The van der Waals surface area contributed by atoms with E-state index >= 15 is 0 Å². The first kappa shape index (κ1) is 16.4. The molecule has 1 aliphatic rings. The number of pyridine rings is 1. The molecule has 0 fully saturated rings. The van der Waals surface area contributed by atoms with Crippen molar-refractivity contribution in [3.05, 3.63) is 76.6 Å². The number of aryl methyl sites for hydroxylation is 2. The summed E-state index contributed by atoms with van der Waals surface area (Å²) in [6.07, 6.45) is 0. The zero-order valence-corrected chi connectivity index (χ0v) is 14.4. The molecule has 0 radical (unpaired) electrons. The van der Waals surface area contributed by atoms with E-state index in [0.29, 0.717) is 17.7 Å². The van der Waals surface area contributed by atoms with E-state index in [4.69, 9.17) is 0 Å². The van der Waals surface area contributed by atoms with Gasteiger partial charge in [0.15, 0.2) is 0 Å². The molecule has 2 heterocycles. The van der Waals surface area contributed by atoms with E-state index in [9.17, 15) is 13.6 Å². The van der Waals surface area contributed by atoms with Gasteiger partial charge in [-0.2, -0.15) is 0 Å². The van der Waals surface area contributed by atoms with Gasteiger partial charge in [-0.3, -0.25) is 9.78 Å². The summed E-state index contributed by atoms with van der Waals surface area (Å²) in [6.45, 7) is 4.24. The molecule has 0 saturated heterocycles. The molecule has 130 valence electrons. The number of amides is 1. The molecule has 0 spiro atoms. The Labute approximate surface area is 149 Å². The van der Waals surface area contributed by atoms with E-state index in [2.05, 4.69) is 10.3 Å². The van der Waals surface area contributed by atoms with Crippen LogP contribution in [0.2, 0.25) is 0 Å². The second-order valence-corrected chi connectivity index (χ2v) is 6.44. The van der Waals surface area contributed by atoms with Gasteiger partial charge in [-0.05, 0) is 60.9 Å². The third-order valence-electron chi connectivity index (χ3n) is 4.68. The Kier molecular flexibility index (Phi) is 3.80.